The normalized spacial score (nSPS) is 34.5. The summed E-state index contributed by atoms with van der Waals surface area (Å²) in [6.45, 7) is 6.07. The summed E-state index contributed by atoms with van der Waals surface area (Å²) >= 11 is 0. The maximum absolute atomic E-state index is 10.9. The topological polar surface area (TPSA) is 36.4 Å². The molecule has 0 radical (unpaired) electrons. The molecule has 1 aromatic carbocycles. The molecule has 3 heteroatoms. The first-order valence-electron chi connectivity index (χ1n) is 8.16. The minimum absolute atomic E-state index is 0.0721. The number of benzene rings is 1. The van der Waals surface area contributed by atoms with Gasteiger partial charge >= 0.3 is 0 Å². The third kappa shape index (κ3) is 2.16. The van der Waals surface area contributed by atoms with Crippen molar-refractivity contribution in [2.24, 2.45) is 11.8 Å². The Bertz CT molecular complexity index is 693. The van der Waals surface area contributed by atoms with E-state index in [4.69, 9.17) is 0 Å². The zero-order chi connectivity index (χ0) is 15.1. The summed E-state index contributed by atoms with van der Waals surface area (Å²) < 4.78 is 0. The molecule has 3 saturated heterocycles. The number of hydrogen-bond acceptors (Lipinski definition) is 3. The molecule has 0 aliphatic carbocycles. The average molecular weight is 294 g/mol. The van der Waals surface area contributed by atoms with E-state index in [0.717, 1.165) is 36.8 Å². The molecule has 0 saturated carbocycles. The molecular formula is C19H22N2O. The molecule has 3 aliphatic heterocycles. The summed E-state index contributed by atoms with van der Waals surface area (Å²) in [4.78, 5) is 6.91. The number of para-hydroxylation sites is 1. The molecule has 5 rings (SSSR count). The molecule has 1 unspecified atom stereocenters. The highest BCUT2D eigenvalue weighted by Gasteiger charge is 2.41. The molecule has 3 nitrogen and oxygen atoms in total. The first kappa shape index (κ1) is 13.9. The van der Waals surface area contributed by atoms with Gasteiger partial charge in [-0.25, -0.2) is 0 Å². The van der Waals surface area contributed by atoms with Gasteiger partial charge in [-0.2, -0.15) is 0 Å². The van der Waals surface area contributed by atoms with Crippen molar-refractivity contribution in [3.05, 3.63) is 54.7 Å². The molecule has 114 valence electrons. The van der Waals surface area contributed by atoms with Gasteiger partial charge in [0.2, 0.25) is 0 Å². The van der Waals surface area contributed by atoms with Crippen molar-refractivity contribution in [1.29, 1.82) is 0 Å². The van der Waals surface area contributed by atoms with Crippen LogP contribution in [0.25, 0.3) is 10.9 Å². The molecule has 0 amide bonds. The van der Waals surface area contributed by atoms with Crippen molar-refractivity contribution in [2.45, 2.75) is 25.0 Å². The van der Waals surface area contributed by atoms with E-state index in [9.17, 15) is 5.11 Å². The Morgan fingerprint density at radius 3 is 3.00 bits per heavy atom. The number of aromatic nitrogens is 1. The van der Waals surface area contributed by atoms with Crippen LogP contribution in [0.1, 0.15) is 24.4 Å². The van der Waals surface area contributed by atoms with Crippen LogP contribution in [-0.4, -0.2) is 34.2 Å². The maximum Gasteiger partial charge on any atom is 0.0740 e. The number of piperidine rings is 1. The molecule has 22 heavy (non-hydrogen) atoms. The molecule has 1 aromatic heterocycles. The molecule has 0 spiro atoms. The lowest BCUT2D eigenvalue weighted by atomic mass is 9.84. The third-order valence-corrected chi connectivity index (χ3v) is 5.44. The van der Waals surface area contributed by atoms with E-state index in [1.54, 1.807) is 0 Å². The summed E-state index contributed by atoms with van der Waals surface area (Å²) in [5, 5.41) is 12.0. The van der Waals surface area contributed by atoms with Gasteiger partial charge in [-0.3, -0.25) is 9.88 Å². The molecule has 5 atom stereocenters. The molecule has 3 aliphatic rings. The fraction of sp³-hybridized carbons (Fsp3) is 0.421. The fourth-order valence-electron chi connectivity index (χ4n) is 4.33. The Kier molecular flexibility index (Phi) is 3.47. The van der Waals surface area contributed by atoms with E-state index in [-0.39, 0.29) is 12.1 Å². The second-order valence-electron chi connectivity index (χ2n) is 6.61. The van der Waals surface area contributed by atoms with Crippen LogP contribution in [-0.2, 0) is 0 Å². The van der Waals surface area contributed by atoms with Gasteiger partial charge in [-0.05, 0) is 48.9 Å². The van der Waals surface area contributed by atoms with Crippen LogP contribution < -0.4 is 0 Å². The summed E-state index contributed by atoms with van der Waals surface area (Å²) in [6, 6.07) is 10.4. The van der Waals surface area contributed by atoms with Crippen LogP contribution in [0, 0.1) is 11.8 Å². The molecule has 2 aromatic rings. The van der Waals surface area contributed by atoms with E-state index in [1.165, 1.54) is 5.56 Å². The van der Waals surface area contributed by atoms with Gasteiger partial charge in [-0.1, -0.05) is 24.3 Å². The van der Waals surface area contributed by atoms with Crippen LogP contribution in [0.2, 0.25) is 0 Å². The first-order valence-corrected chi connectivity index (χ1v) is 8.16. The zero-order valence-corrected chi connectivity index (χ0v) is 12.7. The van der Waals surface area contributed by atoms with Crippen molar-refractivity contribution >= 4 is 10.9 Å². The van der Waals surface area contributed by atoms with Gasteiger partial charge in [0.15, 0.2) is 0 Å². The summed E-state index contributed by atoms with van der Waals surface area (Å²) in [7, 11) is 0. The van der Waals surface area contributed by atoms with Crippen molar-refractivity contribution in [3.8, 4) is 0 Å². The highest BCUT2D eigenvalue weighted by Crippen LogP contribution is 2.42. The van der Waals surface area contributed by atoms with Gasteiger partial charge in [-0.15, -0.1) is 6.58 Å². The van der Waals surface area contributed by atoms with Gasteiger partial charge in [0.25, 0.3) is 0 Å². The number of rotatable bonds is 2. The summed E-state index contributed by atoms with van der Waals surface area (Å²) in [5.74, 6) is 1.07. The van der Waals surface area contributed by atoms with Gasteiger partial charge in [0.05, 0.1) is 17.7 Å². The predicted octanol–water partition coefficient (Wildman–Crippen LogP) is 3.16. The smallest absolute Gasteiger partial charge is 0.0740 e. The minimum atomic E-state index is -0.316. The van der Waals surface area contributed by atoms with Crippen LogP contribution in [0.3, 0.4) is 0 Å². The Morgan fingerprint density at radius 1 is 1.27 bits per heavy atom. The minimum Gasteiger partial charge on any atom is -0.391 e. The van der Waals surface area contributed by atoms with E-state index in [0.29, 0.717) is 11.8 Å². The Morgan fingerprint density at radius 2 is 2.14 bits per heavy atom. The molecule has 2 bridgehead atoms. The van der Waals surface area contributed by atoms with Crippen LogP contribution in [0.5, 0.6) is 0 Å². The zero-order valence-electron chi connectivity index (χ0n) is 12.7. The second-order valence-corrected chi connectivity index (χ2v) is 6.61. The van der Waals surface area contributed by atoms with Gasteiger partial charge in [0.1, 0.15) is 0 Å². The Labute approximate surface area is 131 Å². The standard InChI is InChI=1S/C19H22N2O/c1-2-13-12-21-10-8-14(13)11-18(22)19(21)16-7-9-20-17-6-4-3-5-15(16)17/h2-7,9,13-14,18-19,22H,1,8,10-12H2/t13-,14-,18-,19+/m0/s1. The van der Waals surface area contributed by atoms with Crippen LogP contribution in [0.4, 0.5) is 0 Å². The lowest BCUT2D eigenvalue weighted by molar-refractivity contribution is 0.0641. The third-order valence-electron chi connectivity index (χ3n) is 5.44. The van der Waals surface area contributed by atoms with Gasteiger partial charge < -0.3 is 5.11 Å². The van der Waals surface area contributed by atoms with E-state index in [2.05, 4.69) is 40.7 Å². The van der Waals surface area contributed by atoms with Crippen LogP contribution >= 0.6 is 0 Å². The summed E-state index contributed by atoms with van der Waals surface area (Å²) in [6.07, 6.45) is 5.66. The van der Waals surface area contributed by atoms with Crippen molar-refractivity contribution in [1.82, 2.24) is 9.88 Å². The monoisotopic (exact) mass is 294 g/mol. The van der Waals surface area contributed by atoms with E-state index >= 15 is 0 Å². The highest BCUT2D eigenvalue weighted by molar-refractivity contribution is 5.82. The molecule has 3 fully saturated rings. The average Bonchev–Trinajstić information content (AvgIpc) is 2.79. The van der Waals surface area contributed by atoms with E-state index < -0.39 is 0 Å². The quantitative estimate of drug-likeness (QED) is 0.864. The summed E-state index contributed by atoms with van der Waals surface area (Å²) in [5.41, 5.74) is 2.22. The largest absolute Gasteiger partial charge is 0.391 e. The Hall–Kier alpha value is -1.71. The first-order chi connectivity index (χ1) is 10.8. The second kappa shape index (κ2) is 5.49. The highest BCUT2D eigenvalue weighted by atomic mass is 16.3. The van der Waals surface area contributed by atoms with E-state index in [1.807, 2.05) is 18.3 Å². The predicted molar refractivity (Wildman–Crippen MR) is 88.5 cm³/mol. The van der Waals surface area contributed by atoms with Crippen molar-refractivity contribution < 1.29 is 5.11 Å². The maximum atomic E-state index is 10.9. The van der Waals surface area contributed by atoms with Crippen molar-refractivity contribution in [3.63, 3.8) is 0 Å². The number of aliphatic hydroxyl groups is 1. The molecule has 4 heterocycles. The number of fused-ring (bicyclic) bond motifs is 5. The SMILES string of the molecule is C=C[C@H]1CN2CC[C@H]1C[C@H](O)[C@H]2c1ccnc2ccccc12. The lowest BCUT2D eigenvalue weighted by Crippen LogP contribution is -2.39. The van der Waals surface area contributed by atoms with Crippen molar-refractivity contribution in [2.75, 3.05) is 13.1 Å². The Balaban J connectivity index is 1.81. The lowest BCUT2D eigenvalue weighted by Gasteiger charge is -2.37. The molecule has 1 N–H and O–H groups in total. The van der Waals surface area contributed by atoms with Crippen LogP contribution in [0.15, 0.2) is 49.2 Å². The number of aliphatic hydroxyl groups excluding tert-OH is 1. The molecular weight excluding hydrogens is 272 g/mol. The number of pyridine rings is 1. The fourth-order valence-corrected chi connectivity index (χ4v) is 4.33. The number of nitrogens with zero attached hydrogens (tertiary/aromatic N) is 2. The van der Waals surface area contributed by atoms with Gasteiger partial charge in [0, 0.05) is 18.1 Å². The number of hydrogen-bond donors (Lipinski definition) is 1.